The Morgan fingerprint density at radius 3 is 2.56 bits per heavy atom. The Hall–Kier alpha value is -0.650. The molecule has 0 saturated heterocycles. The number of hydrogen-bond donors (Lipinski definition) is 3. The zero-order valence-corrected chi connectivity index (χ0v) is 9.74. The van der Waals surface area contributed by atoms with Crippen molar-refractivity contribution >= 4 is 5.97 Å². The normalized spacial score (nSPS) is 20.9. The molecule has 0 aromatic rings. The molecule has 3 N–H and O–H groups in total. The van der Waals surface area contributed by atoms with E-state index in [0.717, 1.165) is 25.7 Å². The fourth-order valence-electron chi connectivity index (χ4n) is 2.24. The van der Waals surface area contributed by atoms with Gasteiger partial charge >= 0.3 is 5.97 Å². The van der Waals surface area contributed by atoms with Crippen LogP contribution in [0, 0.1) is 5.41 Å². The lowest BCUT2D eigenvalue weighted by Crippen LogP contribution is -2.46. The third-order valence-corrected chi connectivity index (χ3v) is 3.35. The molecule has 0 heterocycles. The van der Waals surface area contributed by atoms with Crippen LogP contribution in [0.25, 0.3) is 0 Å². The van der Waals surface area contributed by atoms with E-state index in [1.54, 1.807) is 0 Å². The number of methoxy groups -OCH3 is 1. The van der Waals surface area contributed by atoms with Gasteiger partial charge in [-0.1, -0.05) is 12.8 Å². The number of carboxylic acid groups (broad SMARTS) is 1. The second-order valence-electron chi connectivity index (χ2n) is 4.59. The number of aliphatic hydroxyl groups is 1. The second-order valence-corrected chi connectivity index (χ2v) is 4.59. The summed E-state index contributed by atoms with van der Waals surface area (Å²) in [7, 11) is 1.48. The molecule has 94 valence electrons. The van der Waals surface area contributed by atoms with Crippen LogP contribution in [0.5, 0.6) is 0 Å². The Morgan fingerprint density at radius 2 is 2.12 bits per heavy atom. The Morgan fingerprint density at radius 1 is 1.50 bits per heavy atom. The van der Waals surface area contributed by atoms with Gasteiger partial charge in [-0.25, -0.2) is 0 Å². The van der Waals surface area contributed by atoms with Crippen molar-refractivity contribution in [2.75, 3.05) is 26.9 Å². The van der Waals surface area contributed by atoms with Crippen molar-refractivity contribution < 1.29 is 19.7 Å². The van der Waals surface area contributed by atoms with E-state index in [4.69, 9.17) is 9.84 Å². The number of aliphatic hydroxyl groups excluding tert-OH is 1. The van der Waals surface area contributed by atoms with Crippen molar-refractivity contribution in [3.05, 3.63) is 0 Å². The van der Waals surface area contributed by atoms with Crippen molar-refractivity contribution in [3.8, 4) is 0 Å². The Bertz CT molecular complexity index is 226. The fraction of sp³-hybridized carbons (Fsp3) is 0.909. The molecule has 1 aliphatic rings. The predicted molar refractivity (Wildman–Crippen MR) is 59.3 cm³/mol. The van der Waals surface area contributed by atoms with Crippen LogP contribution in [0.3, 0.4) is 0 Å². The highest BCUT2D eigenvalue weighted by atomic mass is 16.5. The molecule has 0 bridgehead atoms. The van der Waals surface area contributed by atoms with Gasteiger partial charge in [0.15, 0.2) is 0 Å². The van der Waals surface area contributed by atoms with Gasteiger partial charge in [0, 0.05) is 25.7 Å². The molecule has 0 aromatic carbocycles. The van der Waals surface area contributed by atoms with Gasteiger partial charge < -0.3 is 20.3 Å². The Balaban J connectivity index is 2.43. The predicted octanol–water partition coefficient (Wildman–Crippen LogP) is 0.228. The largest absolute Gasteiger partial charge is 0.480 e. The number of aliphatic carboxylic acids is 1. The van der Waals surface area contributed by atoms with E-state index >= 15 is 0 Å². The summed E-state index contributed by atoms with van der Waals surface area (Å²) < 4.78 is 4.84. The van der Waals surface area contributed by atoms with E-state index < -0.39 is 12.0 Å². The number of carboxylic acids is 1. The minimum atomic E-state index is -0.909. The van der Waals surface area contributed by atoms with Crippen LogP contribution in [0.1, 0.15) is 25.7 Å². The molecule has 0 spiro atoms. The van der Waals surface area contributed by atoms with Crippen molar-refractivity contribution in [2.24, 2.45) is 5.41 Å². The molecule has 1 unspecified atom stereocenters. The zero-order valence-electron chi connectivity index (χ0n) is 9.74. The average Bonchev–Trinajstić information content (AvgIpc) is 2.73. The molecule has 5 heteroatoms. The molecule has 5 nitrogen and oxygen atoms in total. The van der Waals surface area contributed by atoms with Crippen molar-refractivity contribution in [2.45, 2.75) is 31.7 Å². The first-order valence-electron chi connectivity index (χ1n) is 5.69. The highest BCUT2D eigenvalue weighted by Crippen LogP contribution is 2.36. The van der Waals surface area contributed by atoms with Crippen molar-refractivity contribution in [3.63, 3.8) is 0 Å². The Labute approximate surface area is 95.8 Å². The van der Waals surface area contributed by atoms with Gasteiger partial charge in [0.05, 0.1) is 6.61 Å². The molecular formula is C11H21NO4. The summed E-state index contributed by atoms with van der Waals surface area (Å²) in [5.74, 6) is -0.909. The van der Waals surface area contributed by atoms with Gasteiger partial charge in [-0.3, -0.25) is 4.79 Å². The monoisotopic (exact) mass is 231 g/mol. The van der Waals surface area contributed by atoms with Gasteiger partial charge in [-0.2, -0.15) is 0 Å². The maximum Gasteiger partial charge on any atom is 0.323 e. The SMILES string of the molecule is COCC(NCC1(CO)CCCC1)C(=O)O. The maximum atomic E-state index is 10.9. The van der Waals surface area contributed by atoms with Gasteiger partial charge in [0.1, 0.15) is 6.04 Å². The van der Waals surface area contributed by atoms with E-state index in [1.807, 2.05) is 0 Å². The average molecular weight is 231 g/mol. The van der Waals surface area contributed by atoms with E-state index in [1.165, 1.54) is 7.11 Å². The number of hydrogen-bond acceptors (Lipinski definition) is 4. The summed E-state index contributed by atoms with van der Waals surface area (Å²) in [6, 6.07) is -0.686. The summed E-state index contributed by atoms with van der Waals surface area (Å²) in [5, 5.41) is 21.3. The van der Waals surface area contributed by atoms with Crippen molar-refractivity contribution in [1.82, 2.24) is 5.32 Å². The van der Waals surface area contributed by atoms with Crippen LogP contribution in [0.4, 0.5) is 0 Å². The summed E-state index contributed by atoms with van der Waals surface area (Å²) >= 11 is 0. The summed E-state index contributed by atoms with van der Waals surface area (Å²) in [4.78, 5) is 10.9. The fourth-order valence-corrected chi connectivity index (χ4v) is 2.24. The lowest BCUT2D eigenvalue weighted by molar-refractivity contribution is -0.141. The highest BCUT2D eigenvalue weighted by Gasteiger charge is 2.34. The first kappa shape index (κ1) is 13.4. The maximum absolute atomic E-state index is 10.9. The molecule has 1 fully saturated rings. The minimum Gasteiger partial charge on any atom is -0.480 e. The van der Waals surface area contributed by atoms with Crippen LogP contribution < -0.4 is 5.32 Å². The topological polar surface area (TPSA) is 78.8 Å². The third-order valence-electron chi connectivity index (χ3n) is 3.35. The molecule has 0 radical (unpaired) electrons. The van der Waals surface area contributed by atoms with Gasteiger partial charge in [-0.15, -0.1) is 0 Å². The molecular weight excluding hydrogens is 210 g/mol. The van der Waals surface area contributed by atoms with Gasteiger partial charge in [0.2, 0.25) is 0 Å². The quantitative estimate of drug-likeness (QED) is 0.584. The van der Waals surface area contributed by atoms with Crippen LogP contribution in [0.2, 0.25) is 0 Å². The molecule has 0 aliphatic heterocycles. The molecule has 16 heavy (non-hydrogen) atoms. The highest BCUT2D eigenvalue weighted by molar-refractivity contribution is 5.73. The minimum absolute atomic E-state index is 0.124. The van der Waals surface area contributed by atoms with Crippen molar-refractivity contribution in [1.29, 1.82) is 0 Å². The standard InChI is InChI=1S/C11H21NO4/c1-16-6-9(10(14)15)12-7-11(8-13)4-2-3-5-11/h9,12-13H,2-8H2,1H3,(H,14,15). The lowest BCUT2D eigenvalue weighted by Gasteiger charge is -2.28. The van der Waals surface area contributed by atoms with E-state index in [2.05, 4.69) is 5.32 Å². The van der Waals surface area contributed by atoms with E-state index in [-0.39, 0.29) is 18.6 Å². The molecule has 0 amide bonds. The summed E-state index contributed by atoms with van der Waals surface area (Å²) in [6.45, 7) is 0.819. The second kappa shape index (κ2) is 6.18. The van der Waals surface area contributed by atoms with Crippen LogP contribution in [0.15, 0.2) is 0 Å². The molecule has 1 aliphatic carbocycles. The molecule has 1 atom stereocenters. The molecule has 0 aromatic heterocycles. The summed E-state index contributed by atoms with van der Waals surface area (Å²) in [6.07, 6.45) is 4.17. The zero-order chi connectivity index (χ0) is 12.0. The number of nitrogens with one attached hydrogen (secondary N) is 1. The third kappa shape index (κ3) is 3.43. The Kier molecular flexibility index (Phi) is 5.18. The first-order chi connectivity index (χ1) is 7.63. The molecule has 1 saturated carbocycles. The van der Waals surface area contributed by atoms with Crippen LogP contribution in [-0.2, 0) is 9.53 Å². The van der Waals surface area contributed by atoms with Crippen LogP contribution in [-0.4, -0.2) is 49.1 Å². The number of ether oxygens (including phenoxy) is 1. The summed E-state index contributed by atoms with van der Waals surface area (Å²) in [5.41, 5.74) is -0.124. The lowest BCUT2D eigenvalue weighted by atomic mass is 9.87. The first-order valence-corrected chi connectivity index (χ1v) is 5.69. The van der Waals surface area contributed by atoms with Gasteiger partial charge in [0.25, 0.3) is 0 Å². The van der Waals surface area contributed by atoms with E-state index in [9.17, 15) is 9.90 Å². The smallest absolute Gasteiger partial charge is 0.323 e. The van der Waals surface area contributed by atoms with Gasteiger partial charge in [-0.05, 0) is 12.8 Å². The number of rotatable bonds is 7. The van der Waals surface area contributed by atoms with Crippen LogP contribution >= 0.6 is 0 Å². The number of carbonyl (C=O) groups is 1. The van der Waals surface area contributed by atoms with E-state index in [0.29, 0.717) is 6.54 Å². The molecule has 1 rings (SSSR count).